The maximum Gasteiger partial charge on any atom is 0.263 e. The van der Waals surface area contributed by atoms with Gasteiger partial charge in [-0.1, -0.05) is 25.1 Å². The van der Waals surface area contributed by atoms with Crippen LogP contribution in [0.2, 0.25) is 0 Å². The van der Waals surface area contributed by atoms with Crippen LogP contribution in [0.1, 0.15) is 30.2 Å². The normalized spacial score (nSPS) is 11.0. The number of hydrogen-bond donors (Lipinski definition) is 1. The number of aromatic nitrogens is 2. The minimum Gasteiger partial charge on any atom is -0.493 e. The quantitative estimate of drug-likeness (QED) is 0.370. The number of carbonyl (C=O) groups excluding carboxylic acids is 1. The number of carbonyl (C=O) groups is 1. The topological polar surface area (TPSA) is 82.5 Å². The fourth-order valence-corrected chi connectivity index (χ4v) is 5.07. The molecule has 0 radical (unpaired) electrons. The van der Waals surface area contributed by atoms with Crippen molar-refractivity contribution in [3.8, 4) is 11.5 Å². The lowest BCUT2D eigenvalue weighted by Crippen LogP contribution is -2.24. The number of thiophene rings is 1. The third kappa shape index (κ3) is 5.04. The second kappa shape index (κ2) is 10.2. The largest absolute Gasteiger partial charge is 0.493 e. The highest BCUT2D eigenvalue weighted by molar-refractivity contribution is 7.99. The maximum absolute atomic E-state index is 13.1. The van der Waals surface area contributed by atoms with E-state index in [4.69, 9.17) is 14.5 Å². The number of hydrogen-bond acceptors (Lipinski definition) is 7. The van der Waals surface area contributed by atoms with Crippen molar-refractivity contribution in [3.05, 3.63) is 39.0 Å². The van der Waals surface area contributed by atoms with E-state index in [0.717, 1.165) is 28.1 Å². The number of thioether (sulfide) groups is 1. The van der Waals surface area contributed by atoms with Gasteiger partial charge in [-0.15, -0.1) is 11.3 Å². The predicted octanol–water partition coefficient (Wildman–Crippen LogP) is 4.62. The molecule has 0 fully saturated rings. The van der Waals surface area contributed by atoms with Crippen LogP contribution in [-0.4, -0.2) is 35.4 Å². The van der Waals surface area contributed by atoms with E-state index in [-0.39, 0.29) is 17.2 Å². The van der Waals surface area contributed by atoms with Gasteiger partial charge in [0.2, 0.25) is 5.91 Å². The number of unbranched alkanes of at least 4 members (excludes halogenated alkanes) is 1. The van der Waals surface area contributed by atoms with Gasteiger partial charge < -0.3 is 14.8 Å². The zero-order valence-corrected chi connectivity index (χ0v) is 20.0. The smallest absolute Gasteiger partial charge is 0.263 e. The summed E-state index contributed by atoms with van der Waals surface area (Å²) in [6, 6.07) is 5.20. The van der Waals surface area contributed by atoms with Crippen LogP contribution >= 0.6 is 23.1 Å². The van der Waals surface area contributed by atoms with Crippen molar-refractivity contribution in [2.75, 3.05) is 25.3 Å². The number of nitrogens with one attached hydrogen (secondary N) is 1. The van der Waals surface area contributed by atoms with E-state index in [9.17, 15) is 9.59 Å². The van der Waals surface area contributed by atoms with Crippen LogP contribution in [0.15, 0.2) is 28.2 Å². The predicted molar refractivity (Wildman–Crippen MR) is 127 cm³/mol. The van der Waals surface area contributed by atoms with Gasteiger partial charge in [-0.2, -0.15) is 0 Å². The van der Waals surface area contributed by atoms with Gasteiger partial charge >= 0.3 is 0 Å². The molecular weight excluding hydrogens is 434 g/mol. The third-order valence-corrected chi connectivity index (χ3v) is 7.07. The van der Waals surface area contributed by atoms with Crippen LogP contribution in [0.4, 0.5) is 5.69 Å². The summed E-state index contributed by atoms with van der Waals surface area (Å²) in [5.41, 5.74) is 1.58. The molecule has 1 aromatic carbocycles. The number of fused-ring (bicyclic) bond motifs is 1. The van der Waals surface area contributed by atoms with Crippen molar-refractivity contribution in [1.29, 1.82) is 0 Å². The standard InChI is InChI=1S/C22H27N3O4S2/c1-6-7-10-25-21(27)19-13(2)14(3)31-20(19)24-22(25)30-12-18(26)23-15-8-9-16(28-4)17(11-15)29-5/h8-9,11H,6-7,10,12H2,1-5H3,(H,23,26). The molecule has 166 valence electrons. The Hall–Kier alpha value is -2.52. The zero-order valence-electron chi connectivity index (χ0n) is 18.4. The van der Waals surface area contributed by atoms with E-state index in [1.807, 2.05) is 13.8 Å². The Kier molecular flexibility index (Phi) is 7.61. The zero-order chi connectivity index (χ0) is 22.5. The summed E-state index contributed by atoms with van der Waals surface area (Å²) < 4.78 is 12.2. The third-order valence-electron chi connectivity index (χ3n) is 4.99. The van der Waals surface area contributed by atoms with Gasteiger partial charge in [0.05, 0.1) is 25.4 Å². The van der Waals surface area contributed by atoms with Crippen LogP contribution < -0.4 is 20.3 Å². The molecule has 31 heavy (non-hydrogen) atoms. The number of rotatable bonds is 9. The number of benzene rings is 1. The van der Waals surface area contributed by atoms with Gasteiger partial charge in [-0.3, -0.25) is 14.2 Å². The van der Waals surface area contributed by atoms with Crippen molar-refractivity contribution in [2.45, 2.75) is 45.3 Å². The lowest BCUT2D eigenvalue weighted by Gasteiger charge is -2.12. The highest BCUT2D eigenvalue weighted by Crippen LogP contribution is 2.31. The summed E-state index contributed by atoms with van der Waals surface area (Å²) in [4.78, 5) is 32.3. The van der Waals surface area contributed by atoms with Crippen molar-refractivity contribution in [1.82, 2.24) is 9.55 Å². The van der Waals surface area contributed by atoms with Crippen LogP contribution in [0.25, 0.3) is 10.2 Å². The summed E-state index contributed by atoms with van der Waals surface area (Å²) in [5.74, 6) is 1.08. The number of methoxy groups -OCH3 is 2. The molecule has 7 nitrogen and oxygen atoms in total. The highest BCUT2D eigenvalue weighted by Gasteiger charge is 2.17. The molecule has 0 aliphatic carbocycles. The van der Waals surface area contributed by atoms with E-state index in [1.54, 1.807) is 37.0 Å². The molecule has 0 atom stereocenters. The van der Waals surface area contributed by atoms with Crippen LogP contribution in [0.5, 0.6) is 11.5 Å². The number of ether oxygens (including phenoxy) is 2. The van der Waals surface area contributed by atoms with E-state index < -0.39 is 0 Å². The molecule has 0 spiro atoms. The lowest BCUT2D eigenvalue weighted by atomic mass is 10.2. The lowest BCUT2D eigenvalue weighted by molar-refractivity contribution is -0.113. The second-order valence-electron chi connectivity index (χ2n) is 7.07. The molecule has 3 aromatic rings. The molecule has 3 rings (SSSR count). The van der Waals surface area contributed by atoms with E-state index >= 15 is 0 Å². The first kappa shape index (κ1) is 23.1. The monoisotopic (exact) mass is 461 g/mol. The van der Waals surface area contributed by atoms with Gasteiger partial charge in [0.15, 0.2) is 16.7 Å². The molecule has 0 unspecified atom stereocenters. The molecule has 9 heteroatoms. The Morgan fingerprint density at radius 2 is 1.97 bits per heavy atom. The van der Waals surface area contributed by atoms with Gasteiger partial charge in [0.25, 0.3) is 5.56 Å². The maximum atomic E-state index is 13.1. The second-order valence-corrected chi connectivity index (χ2v) is 9.22. The van der Waals surface area contributed by atoms with Crippen LogP contribution in [-0.2, 0) is 11.3 Å². The Bertz CT molecular complexity index is 1150. The summed E-state index contributed by atoms with van der Waals surface area (Å²) in [6.45, 7) is 6.64. The van der Waals surface area contributed by atoms with Gasteiger partial charge in [-0.25, -0.2) is 4.98 Å². The summed E-state index contributed by atoms with van der Waals surface area (Å²) in [7, 11) is 3.11. The van der Waals surface area contributed by atoms with Gasteiger partial charge in [-0.05, 0) is 38.0 Å². The van der Waals surface area contributed by atoms with E-state index in [1.165, 1.54) is 23.1 Å². The fraction of sp³-hybridized carbons (Fsp3) is 0.409. The summed E-state index contributed by atoms with van der Waals surface area (Å²) in [5, 5.41) is 4.13. The van der Waals surface area contributed by atoms with Crippen molar-refractivity contribution >= 4 is 44.9 Å². The molecule has 1 N–H and O–H groups in total. The summed E-state index contributed by atoms with van der Waals surface area (Å²) in [6.07, 6.45) is 1.84. The fourth-order valence-electron chi connectivity index (χ4n) is 3.17. The minimum atomic E-state index is -0.188. The first-order chi connectivity index (χ1) is 14.9. The number of amides is 1. The molecule has 1 amide bonds. The van der Waals surface area contributed by atoms with E-state index in [2.05, 4.69) is 12.2 Å². The van der Waals surface area contributed by atoms with Crippen LogP contribution in [0, 0.1) is 13.8 Å². The molecule has 2 heterocycles. The number of nitrogens with zero attached hydrogens (tertiary/aromatic N) is 2. The molecular formula is C22H27N3O4S2. The average molecular weight is 462 g/mol. The average Bonchev–Trinajstić information content (AvgIpc) is 3.05. The molecule has 0 saturated heterocycles. The van der Waals surface area contributed by atoms with Crippen LogP contribution in [0.3, 0.4) is 0 Å². The Morgan fingerprint density at radius 3 is 2.65 bits per heavy atom. The first-order valence-corrected chi connectivity index (χ1v) is 11.8. The Balaban J connectivity index is 1.81. The number of aryl methyl sites for hydroxylation is 2. The summed E-state index contributed by atoms with van der Waals surface area (Å²) >= 11 is 2.80. The molecule has 0 aliphatic heterocycles. The number of anilines is 1. The molecule has 0 bridgehead atoms. The first-order valence-electron chi connectivity index (χ1n) is 10.0. The van der Waals surface area contributed by atoms with Crippen molar-refractivity contribution < 1.29 is 14.3 Å². The Labute approximate surface area is 189 Å². The molecule has 0 aliphatic rings. The molecule has 0 saturated carbocycles. The Morgan fingerprint density at radius 1 is 1.23 bits per heavy atom. The minimum absolute atomic E-state index is 0.0249. The van der Waals surface area contributed by atoms with E-state index in [0.29, 0.717) is 34.3 Å². The molecule has 2 aromatic heterocycles. The van der Waals surface area contributed by atoms with Crippen molar-refractivity contribution in [2.24, 2.45) is 0 Å². The van der Waals surface area contributed by atoms with Gasteiger partial charge in [0.1, 0.15) is 4.83 Å². The van der Waals surface area contributed by atoms with Gasteiger partial charge in [0, 0.05) is 23.2 Å². The van der Waals surface area contributed by atoms with Crippen molar-refractivity contribution in [3.63, 3.8) is 0 Å². The SMILES string of the molecule is CCCCn1c(SCC(=O)Nc2ccc(OC)c(OC)c2)nc2sc(C)c(C)c2c1=O. The highest BCUT2D eigenvalue weighted by atomic mass is 32.2.